The number of benzene rings is 1. The van der Waals surface area contributed by atoms with Crippen LogP contribution < -0.4 is 4.65 Å². The van der Waals surface area contributed by atoms with Gasteiger partial charge in [0, 0.05) is 17.6 Å². The van der Waals surface area contributed by atoms with Gasteiger partial charge in [0.2, 0.25) is 6.34 Å². The molecule has 0 aliphatic carbocycles. The molecule has 2 rings (SSSR count). The monoisotopic (exact) mass is 273 g/mol. The summed E-state index contributed by atoms with van der Waals surface area (Å²) in [5.74, 6) is -0.527. The lowest BCUT2D eigenvalue weighted by molar-refractivity contribution is 0.313. The summed E-state index contributed by atoms with van der Waals surface area (Å²) in [5, 5.41) is 17.4. The third kappa shape index (κ3) is 1.88. The van der Waals surface area contributed by atoms with E-state index in [4.69, 9.17) is 0 Å². The molecule has 1 aliphatic heterocycles. The lowest BCUT2D eigenvalue weighted by atomic mass is 10.3. The van der Waals surface area contributed by atoms with E-state index in [9.17, 15) is 9.60 Å². The summed E-state index contributed by atoms with van der Waals surface area (Å²) >= 11 is 3.14. The highest BCUT2D eigenvalue weighted by Crippen LogP contribution is 2.29. The molecule has 1 aromatic carbocycles. The van der Waals surface area contributed by atoms with Crippen LogP contribution in [0.2, 0.25) is 0 Å². The summed E-state index contributed by atoms with van der Waals surface area (Å²) in [6, 6.07) is 4.39. The predicted octanol–water partition coefficient (Wildman–Crippen LogP) is 2.24. The van der Waals surface area contributed by atoms with Crippen molar-refractivity contribution in [2.45, 2.75) is 0 Å². The van der Waals surface area contributed by atoms with Gasteiger partial charge in [-0.1, -0.05) is 15.9 Å². The van der Waals surface area contributed by atoms with Crippen molar-refractivity contribution in [1.82, 2.24) is 9.66 Å². The summed E-state index contributed by atoms with van der Waals surface area (Å²) in [6.45, 7) is 0.0958. The summed E-state index contributed by atoms with van der Waals surface area (Å²) < 4.78 is 13.3. The zero-order chi connectivity index (χ0) is 11.1. The molecule has 0 radical (unpaired) electrons. The lowest BCUT2D eigenvalue weighted by Gasteiger charge is -2.33. The van der Waals surface area contributed by atoms with Gasteiger partial charge in [-0.2, -0.15) is 0 Å². The number of hydroxylamine groups is 2. The number of quaternary nitrogens is 1. The van der Waals surface area contributed by atoms with E-state index >= 15 is 0 Å². The molecule has 6 heteroatoms. The van der Waals surface area contributed by atoms with Crippen LogP contribution in [-0.2, 0) is 0 Å². The van der Waals surface area contributed by atoms with E-state index in [2.05, 4.69) is 21.0 Å². The van der Waals surface area contributed by atoms with Gasteiger partial charge in [0.15, 0.2) is 18.2 Å². The van der Waals surface area contributed by atoms with Crippen LogP contribution in [0, 0.1) is 11.0 Å². The predicted molar refractivity (Wildman–Crippen MR) is 60.4 cm³/mol. The lowest BCUT2D eigenvalue weighted by Crippen LogP contribution is -2.42. The Balaban J connectivity index is 2.42. The third-order valence-electron chi connectivity index (χ3n) is 2.17. The Bertz CT molecular complexity index is 426. The molecule has 1 atom stereocenters. The zero-order valence-electron chi connectivity index (χ0n) is 8.02. The van der Waals surface area contributed by atoms with Crippen molar-refractivity contribution in [3.8, 4) is 0 Å². The second-order valence-electron chi connectivity index (χ2n) is 3.42. The van der Waals surface area contributed by atoms with E-state index in [0.717, 1.165) is 0 Å². The van der Waals surface area contributed by atoms with Gasteiger partial charge < -0.3 is 5.21 Å². The van der Waals surface area contributed by atoms with E-state index in [0.29, 0.717) is 4.47 Å². The van der Waals surface area contributed by atoms with Crippen LogP contribution in [-0.4, -0.2) is 25.1 Å². The summed E-state index contributed by atoms with van der Waals surface area (Å²) in [7, 11) is 1.67. The Morgan fingerprint density at radius 2 is 2.33 bits per heavy atom. The molecule has 0 fully saturated rings. The molecule has 0 saturated heterocycles. The van der Waals surface area contributed by atoms with Crippen LogP contribution in [0.5, 0.6) is 0 Å². The highest BCUT2D eigenvalue weighted by Gasteiger charge is 2.28. The van der Waals surface area contributed by atoms with E-state index in [-0.39, 0.29) is 12.4 Å². The first-order valence-electron chi connectivity index (χ1n) is 4.32. The van der Waals surface area contributed by atoms with E-state index in [1.54, 1.807) is 13.1 Å². The molecule has 1 heterocycles. The molecule has 1 aliphatic rings. The van der Waals surface area contributed by atoms with Crippen molar-refractivity contribution < 1.29 is 4.39 Å². The van der Waals surface area contributed by atoms with Crippen molar-refractivity contribution in [3.63, 3.8) is 0 Å². The average molecular weight is 274 g/mol. The molecular formula is C9H9BrFN3O. The zero-order valence-corrected chi connectivity index (χ0v) is 9.61. The minimum Gasteiger partial charge on any atom is -0.620 e. The molecule has 80 valence electrons. The maximum absolute atomic E-state index is 13.5. The van der Waals surface area contributed by atoms with Crippen molar-refractivity contribution >= 4 is 28.0 Å². The molecule has 1 unspecified atom stereocenters. The maximum Gasteiger partial charge on any atom is 0.214 e. The number of nitrogens with zero attached hydrogens (tertiary/aromatic N) is 3. The van der Waals surface area contributed by atoms with Gasteiger partial charge in [-0.15, -0.1) is 5.10 Å². The molecule has 15 heavy (non-hydrogen) atoms. The standard InChI is InChI=1S/C9H9BrFN3O/c1-13-6-14(15,5-12-13)9-3-2-7(10)4-8(9)11/h2-5H,6H2,1H3. The van der Waals surface area contributed by atoms with Crippen LogP contribution in [0.3, 0.4) is 0 Å². The summed E-state index contributed by atoms with van der Waals surface area (Å²) in [6.07, 6.45) is 1.19. The fourth-order valence-corrected chi connectivity index (χ4v) is 1.81. The van der Waals surface area contributed by atoms with Crippen LogP contribution in [0.15, 0.2) is 27.8 Å². The molecular weight excluding hydrogens is 265 g/mol. The molecule has 0 spiro atoms. The second-order valence-corrected chi connectivity index (χ2v) is 4.34. The Hall–Kier alpha value is -0.980. The van der Waals surface area contributed by atoms with Crippen molar-refractivity contribution in [2.75, 3.05) is 13.7 Å². The quantitative estimate of drug-likeness (QED) is 0.582. The number of rotatable bonds is 1. The number of halogens is 2. The fourth-order valence-electron chi connectivity index (χ4n) is 1.48. The van der Waals surface area contributed by atoms with Crippen molar-refractivity contribution in [1.29, 1.82) is 0 Å². The third-order valence-corrected chi connectivity index (χ3v) is 2.66. The largest absolute Gasteiger partial charge is 0.620 e. The SMILES string of the molecule is CN1C[N+]([O-])(c2ccc(Br)cc2F)C=N1. The Morgan fingerprint density at radius 1 is 1.60 bits per heavy atom. The van der Waals surface area contributed by atoms with Crippen molar-refractivity contribution in [2.24, 2.45) is 5.10 Å². The molecule has 0 amide bonds. The van der Waals surface area contributed by atoms with Gasteiger partial charge in [0.05, 0.1) is 0 Å². The molecule has 4 nitrogen and oxygen atoms in total. The van der Waals surface area contributed by atoms with Crippen molar-refractivity contribution in [3.05, 3.63) is 33.7 Å². The first-order valence-corrected chi connectivity index (χ1v) is 5.11. The van der Waals surface area contributed by atoms with Gasteiger partial charge in [0.25, 0.3) is 0 Å². The van der Waals surface area contributed by atoms with E-state index in [1.807, 2.05) is 0 Å². The van der Waals surface area contributed by atoms with Crippen LogP contribution in [0.4, 0.5) is 10.1 Å². The summed E-state index contributed by atoms with van der Waals surface area (Å²) in [4.78, 5) is 0. The molecule has 1 aromatic rings. The van der Waals surface area contributed by atoms with Crippen LogP contribution in [0.25, 0.3) is 0 Å². The smallest absolute Gasteiger partial charge is 0.214 e. The van der Waals surface area contributed by atoms with Gasteiger partial charge in [-0.3, -0.25) is 4.65 Å². The first kappa shape index (κ1) is 10.5. The maximum atomic E-state index is 13.5. The minimum atomic E-state index is -0.879. The van der Waals surface area contributed by atoms with E-state index < -0.39 is 10.5 Å². The minimum absolute atomic E-state index is 0.0753. The topological polar surface area (TPSA) is 38.7 Å². The fraction of sp³-hybridized carbons (Fsp3) is 0.222. The number of hydrazone groups is 1. The Labute approximate surface area is 94.9 Å². The molecule has 0 aromatic heterocycles. The van der Waals surface area contributed by atoms with Crippen LogP contribution >= 0.6 is 15.9 Å². The van der Waals surface area contributed by atoms with Crippen LogP contribution in [0.1, 0.15) is 0 Å². The molecule has 0 N–H and O–H groups in total. The normalized spacial score (nSPS) is 24.9. The average Bonchev–Trinajstić information content (AvgIpc) is 2.46. The van der Waals surface area contributed by atoms with Gasteiger partial charge in [0.1, 0.15) is 0 Å². The number of hydrogen-bond acceptors (Lipinski definition) is 3. The molecule has 0 saturated carbocycles. The first-order chi connectivity index (χ1) is 7.01. The van der Waals surface area contributed by atoms with Gasteiger partial charge >= 0.3 is 0 Å². The Kier molecular flexibility index (Phi) is 2.49. The highest BCUT2D eigenvalue weighted by molar-refractivity contribution is 9.10. The Morgan fingerprint density at radius 3 is 2.87 bits per heavy atom. The van der Waals surface area contributed by atoms with E-state index in [1.165, 1.54) is 23.5 Å². The highest BCUT2D eigenvalue weighted by atomic mass is 79.9. The van der Waals surface area contributed by atoms with Gasteiger partial charge in [-0.05, 0) is 12.1 Å². The molecule has 0 bridgehead atoms. The number of hydrogen-bond donors (Lipinski definition) is 0. The summed E-state index contributed by atoms with van der Waals surface area (Å²) in [5.41, 5.74) is 0.0753. The van der Waals surface area contributed by atoms with Gasteiger partial charge in [-0.25, -0.2) is 9.40 Å². The second kappa shape index (κ2) is 3.55.